The van der Waals surface area contributed by atoms with E-state index in [0.717, 1.165) is 22.3 Å². The van der Waals surface area contributed by atoms with Gasteiger partial charge in [0.15, 0.2) is 0 Å². The van der Waals surface area contributed by atoms with Gasteiger partial charge in [0.05, 0.1) is 20.3 Å². The highest BCUT2D eigenvalue weighted by Crippen LogP contribution is 2.27. The minimum absolute atomic E-state index is 0.216. The number of hydrogen-bond acceptors (Lipinski definition) is 4. The molecule has 1 N–H and O–H groups in total. The lowest BCUT2D eigenvalue weighted by atomic mass is 9.94. The molecule has 5 nitrogen and oxygen atoms in total. The molecule has 144 valence electrons. The smallest absolute Gasteiger partial charge is 0.252 e. The van der Waals surface area contributed by atoms with Gasteiger partial charge in [-0.1, -0.05) is 29.8 Å². The average molecular weight is 376 g/mol. The first kappa shape index (κ1) is 19.4. The molecule has 0 saturated heterocycles. The molecule has 0 saturated carbocycles. The number of nitrogens with one attached hydrogen (secondary N) is 1. The largest absolute Gasteiger partial charge is 0.497 e. The lowest BCUT2D eigenvalue weighted by Gasteiger charge is -2.22. The quantitative estimate of drug-likeness (QED) is 0.699. The predicted octanol–water partition coefficient (Wildman–Crippen LogP) is 4.24. The van der Waals surface area contributed by atoms with Crippen LogP contribution in [0.4, 0.5) is 0 Å². The standard InChI is InChI=1S/C23H24N2O3/c1-15-7-8-16(2)21(10-15)22(17-6-5-9-24-14-17)25-23(26)18-11-19(27-3)13-20(12-18)28-4/h5-14,22H,1-4H3,(H,25,26). The Morgan fingerprint density at radius 3 is 2.32 bits per heavy atom. The van der Waals surface area contributed by atoms with E-state index in [1.54, 1.807) is 44.8 Å². The molecule has 1 heterocycles. The molecular weight excluding hydrogens is 352 g/mol. The second-order valence-electron chi connectivity index (χ2n) is 6.65. The van der Waals surface area contributed by atoms with Crippen molar-refractivity contribution in [1.82, 2.24) is 10.3 Å². The molecule has 0 aliphatic heterocycles. The van der Waals surface area contributed by atoms with E-state index in [1.165, 1.54) is 0 Å². The lowest BCUT2D eigenvalue weighted by molar-refractivity contribution is 0.0942. The van der Waals surface area contributed by atoms with E-state index in [9.17, 15) is 4.79 Å². The Bertz CT molecular complexity index is 949. The summed E-state index contributed by atoms with van der Waals surface area (Å²) < 4.78 is 10.6. The van der Waals surface area contributed by atoms with Crippen LogP contribution in [-0.4, -0.2) is 25.1 Å². The van der Waals surface area contributed by atoms with Crippen molar-refractivity contribution in [3.8, 4) is 11.5 Å². The summed E-state index contributed by atoms with van der Waals surface area (Å²) in [5.41, 5.74) is 4.65. The van der Waals surface area contributed by atoms with Crippen molar-refractivity contribution in [2.75, 3.05) is 14.2 Å². The molecule has 1 amide bonds. The predicted molar refractivity (Wildman–Crippen MR) is 109 cm³/mol. The fourth-order valence-electron chi connectivity index (χ4n) is 3.11. The molecule has 0 radical (unpaired) electrons. The van der Waals surface area contributed by atoms with Crippen molar-refractivity contribution in [3.63, 3.8) is 0 Å². The van der Waals surface area contributed by atoms with Gasteiger partial charge in [0.1, 0.15) is 11.5 Å². The third kappa shape index (κ3) is 4.31. The number of aryl methyl sites for hydroxylation is 2. The number of aromatic nitrogens is 1. The van der Waals surface area contributed by atoms with Crippen molar-refractivity contribution in [2.45, 2.75) is 19.9 Å². The average Bonchev–Trinajstić information content (AvgIpc) is 2.73. The zero-order valence-corrected chi connectivity index (χ0v) is 16.5. The highest BCUT2D eigenvalue weighted by atomic mass is 16.5. The van der Waals surface area contributed by atoms with Gasteiger partial charge >= 0.3 is 0 Å². The van der Waals surface area contributed by atoms with Crippen LogP contribution in [0.2, 0.25) is 0 Å². The molecule has 0 bridgehead atoms. The van der Waals surface area contributed by atoms with Crippen molar-refractivity contribution in [1.29, 1.82) is 0 Å². The topological polar surface area (TPSA) is 60.5 Å². The zero-order valence-electron chi connectivity index (χ0n) is 16.5. The first-order chi connectivity index (χ1) is 13.5. The number of amides is 1. The van der Waals surface area contributed by atoms with Gasteiger partial charge in [0, 0.05) is 24.0 Å². The number of pyridine rings is 1. The maximum atomic E-state index is 13.1. The molecule has 0 fully saturated rings. The fourth-order valence-corrected chi connectivity index (χ4v) is 3.11. The zero-order chi connectivity index (χ0) is 20.1. The Labute approximate surface area is 165 Å². The molecule has 5 heteroatoms. The summed E-state index contributed by atoms with van der Waals surface area (Å²) in [7, 11) is 3.12. The number of carbonyl (C=O) groups excluding carboxylic acids is 1. The molecule has 1 atom stereocenters. The summed E-state index contributed by atoms with van der Waals surface area (Å²) in [4.78, 5) is 17.3. The minimum atomic E-state index is -0.321. The van der Waals surface area contributed by atoms with E-state index in [4.69, 9.17) is 9.47 Å². The number of ether oxygens (including phenoxy) is 2. The van der Waals surface area contributed by atoms with Gasteiger partial charge in [0.25, 0.3) is 5.91 Å². The van der Waals surface area contributed by atoms with Crippen molar-refractivity contribution < 1.29 is 14.3 Å². The van der Waals surface area contributed by atoms with Crippen LogP contribution >= 0.6 is 0 Å². The van der Waals surface area contributed by atoms with Crippen molar-refractivity contribution >= 4 is 5.91 Å². The molecule has 2 aromatic carbocycles. The second kappa shape index (κ2) is 8.57. The Kier molecular flexibility index (Phi) is 5.94. The van der Waals surface area contributed by atoms with Crippen molar-refractivity contribution in [3.05, 3.63) is 88.7 Å². The summed E-state index contributed by atoms with van der Waals surface area (Å²) in [5, 5.41) is 3.15. The number of carbonyl (C=O) groups is 1. The van der Waals surface area contributed by atoms with Crippen LogP contribution in [0.15, 0.2) is 60.9 Å². The fraction of sp³-hybridized carbons (Fsp3) is 0.217. The maximum absolute atomic E-state index is 13.1. The number of rotatable bonds is 6. The first-order valence-electron chi connectivity index (χ1n) is 9.03. The van der Waals surface area contributed by atoms with Crippen LogP contribution in [-0.2, 0) is 0 Å². The number of nitrogens with zero attached hydrogens (tertiary/aromatic N) is 1. The molecule has 3 rings (SSSR count). The molecule has 1 aromatic heterocycles. The number of methoxy groups -OCH3 is 2. The monoisotopic (exact) mass is 376 g/mol. The van der Waals surface area contributed by atoms with Gasteiger partial charge in [-0.25, -0.2) is 0 Å². The van der Waals surface area contributed by atoms with Gasteiger partial charge in [-0.15, -0.1) is 0 Å². The normalized spacial score (nSPS) is 11.6. The number of benzene rings is 2. The number of hydrogen-bond donors (Lipinski definition) is 1. The van der Waals surface area contributed by atoms with E-state index < -0.39 is 0 Å². The molecule has 0 aliphatic rings. The summed E-state index contributed by atoms with van der Waals surface area (Å²) in [6.07, 6.45) is 3.50. The Hall–Kier alpha value is -3.34. The third-order valence-corrected chi connectivity index (χ3v) is 4.65. The Morgan fingerprint density at radius 2 is 1.71 bits per heavy atom. The van der Waals surface area contributed by atoms with Gasteiger partial charge in [0.2, 0.25) is 0 Å². The van der Waals surface area contributed by atoms with Gasteiger partial charge < -0.3 is 14.8 Å². The molecule has 0 aliphatic carbocycles. The summed E-state index contributed by atoms with van der Waals surface area (Å²) >= 11 is 0. The summed E-state index contributed by atoms with van der Waals surface area (Å²) in [6, 6.07) is 14.9. The Morgan fingerprint density at radius 1 is 1.00 bits per heavy atom. The third-order valence-electron chi connectivity index (χ3n) is 4.65. The highest BCUT2D eigenvalue weighted by Gasteiger charge is 2.21. The second-order valence-corrected chi connectivity index (χ2v) is 6.65. The Balaban J connectivity index is 2.01. The summed E-state index contributed by atoms with van der Waals surface area (Å²) in [6.45, 7) is 4.08. The highest BCUT2D eigenvalue weighted by molar-refractivity contribution is 5.95. The minimum Gasteiger partial charge on any atom is -0.497 e. The van der Waals surface area contributed by atoms with Gasteiger partial charge in [-0.3, -0.25) is 9.78 Å². The van der Waals surface area contributed by atoms with E-state index in [1.807, 2.05) is 26.0 Å². The van der Waals surface area contributed by atoms with Crippen LogP contribution in [0.3, 0.4) is 0 Å². The molecule has 3 aromatic rings. The lowest BCUT2D eigenvalue weighted by Crippen LogP contribution is -2.30. The maximum Gasteiger partial charge on any atom is 0.252 e. The molecular formula is C23H24N2O3. The molecule has 0 spiro atoms. The SMILES string of the molecule is COc1cc(OC)cc(C(=O)NC(c2cccnc2)c2cc(C)ccc2C)c1. The van der Waals surface area contributed by atoms with Crippen LogP contribution in [0, 0.1) is 13.8 Å². The van der Waals surface area contributed by atoms with E-state index in [-0.39, 0.29) is 11.9 Å². The van der Waals surface area contributed by atoms with E-state index in [0.29, 0.717) is 17.1 Å². The van der Waals surface area contributed by atoms with Crippen molar-refractivity contribution in [2.24, 2.45) is 0 Å². The van der Waals surface area contributed by atoms with E-state index >= 15 is 0 Å². The van der Waals surface area contributed by atoms with E-state index in [2.05, 4.69) is 28.5 Å². The van der Waals surface area contributed by atoms with Crippen LogP contribution in [0.1, 0.15) is 38.7 Å². The molecule has 28 heavy (non-hydrogen) atoms. The first-order valence-corrected chi connectivity index (χ1v) is 9.03. The summed E-state index contributed by atoms with van der Waals surface area (Å²) in [5.74, 6) is 0.912. The van der Waals surface area contributed by atoms with Crippen LogP contribution in [0.5, 0.6) is 11.5 Å². The van der Waals surface area contributed by atoms with Crippen LogP contribution in [0.25, 0.3) is 0 Å². The molecule has 1 unspecified atom stereocenters. The van der Waals surface area contributed by atoms with Crippen LogP contribution < -0.4 is 14.8 Å². The van der Waals surface area contributed by atoms with Gasteiger partial charge in [-0.05, 0) is 48.7 Å². The van der Waals surface area contributed by atoms with Gasteiger partial charge in [-0.2, -0.15) is 0 Å².